The number of rotatable bonds is 6. The second-order valence-electron chi connectivity index (χ2n) is 5.36. The fourth-order valence-electron chi connectivity index (χ4n) is 2.25. The second kappa shape index (κ2) is 8.56. The van der Waals surface area contributed by atoms with Crippen LogP contribution in [0.25, 0.3) is 0 Å². The van der Waals surface area contributed by atoms with Crippen molar-refractivity contribution in [3.05, 3.63) is 48.0 Å². The van der Waals surface area contributed by atoms with E-state index in [4.69, 9.17) is 5.73 Å². The zero-order valence-corrected chi connectivity index (χ0v) is 13.8. The maximum Gasteiger partial charge on any atom is 0.225 e. The summed E-state index contributed by atoms with van der Waals surface area (Å²) in [4.78, 5) is 16.0. The molecule has 0 saturated heterocycles. The molecule has 1 amide bonds. The number of nitrogens with two attached hydrogens (primary N) is 1. The lowest BCUT2D eigenvalue weighted by atomic mass is 10.1. The highest BCUT2D eigenvalue weighted by Gasteiger charge is 2.08. The molecule has 2 rings (SSSR count). The molecule has 120 valence electrons. The van der Waals surface area contributed by atoms with Crippen LogP contribution in [-0.2, 0) is 11.3 Å². The molecule has 0 spiro atoms. The molecular weight excluding hydrogens is 300 g/mol. The lowest BCUT2D eigenvalue weighted by Crippen LogP contribution is -2.16. The summed E-state index contributed by atoms with van der Waals surface area (Å²) in [7, 11) is 0. The van der Waals surface area contributed by atoms with Crippen molar-refractivity contribution in [1.82, 2.24) is 9.55 Å². The fourth-order valence-corrected chi connectivity index (χ4v) is 2.25. The molecule has 0 unspecified atom stereocenters. The van der Waals surface area contributed by atoms with Gasteiger partial charge in [0, 0.05) is 43.5 Å². The van der Waals surface area contributed by atoms with E-state index >= 15 is 0 Å². The summed E-state index contributed by atoms with van der Waals surface area (Å²) in [5.41, 5.74) is 7.31. The largest absolute Gasteiger partial charge is 0.330 e. The van der Waals surface area contributed by atoms with Crippen molar-refractivity contribution in [2.24, 2.45) is 5.73 Å². The van der Waals surface area contributed by atoms with Gasteiger partial charge in [-0.2, -0.15) is 0 Å². The molecule has 6 heteroatoms. The molecule has 0 saturated carbocycles. The van der Waals surface area contributed by atoms with Crippen molar-refractivity contribution in [3.8, 4) is 0 Å². The number of anilines is 1. The van der Waals surface area contributed by atoms with Gasteiger partial charge in [0.25, 0.3) is 0 Å². The van der Waals surface area contributed by atoms with Crippen LogP contribution in [0.2, 0.25) is 0 Å². The van der Waals surface area contributed by atoms with Gasteiger partial charge in [-0.05, 0) is 17.7 Å². The van der Waals surface area contributed by atoms with Gasteiger partial charge in [0.1, 0.15) is 5.82 Å². The lowest BCUT2D eigenvalue weighted by molar-refractivity contribution is -0.116. The minimum Gasteiger partial charge on any atom is -0.330 e. The van der Waals surface area contributed by atoms with Gasteiger partial charge in [0.05, 0.1) is 0 Å². The summed E-state index contributed by atoms with van der Waals surface area (Å²) in [5, 5.41) is 2.86. The molecule has 22 heavy (non-hydrogen) atoms. The molecule has 0 aliphatic carbocycles. The van der Waals surface area contributed by atoms with Crippen LogP contribution in [0.3, 0.4) is 0 Å². The van der Waals surface area contributed by atoms with Gasteiger partial charge in [-0.3, -0.25) is 4.79 Å². The van der Waals surface area contributed by atoms with Crippen molar-refractivity contribution in [1.29, 1.82) is 0 Å². The van der Waals surface area contributed by atoms with Crippen molar-refractivity contribution in [2.75, 3.05) is 11.9 Å². The van der Waals surface area contributed by atoms with Crippen LogP contribution in [-0.4, -0.2) is 22.0 Å². The molecule has 1 aromatic carbocycles. The Morgan fingerprint density at radius 3 is 2.86 bits per heavy atom. The van der Waals surface area contributed by atoms with Crippen molar-refractivity contribution in [3.63, 3.8) is 0 Å². The Balaban J connectivity index is 0.00000242. The quantitative estimate of drug-likeness (QED) is 0.859. The zero-order valence-electron chi connectivity index (χ0n) is 13.0. The summed E-state index contributed by atoms with van der Waals surface area (Å²) >= 11 is 0. The highest BCUT2D eigenvalue weighted by Crippen LogP contribution is 2.16. The van der Waals surface area contributed by atoms with Crippen molar-refractivity contribution < 1.29 is 4.79 Å². The molecule has 1 aromatic heterocycles. The molecule has 1 heterocycles. The predicted molar refractivity (Wildman–Crippen MR) is 91.4 cm³/mol. The molecule has 0 bridgehead atoms. The van der Waals surface area contributed by atoms with Crippen LogP contribution in [0, 0.1) is 0 Å². The predicted octanol–water partition coefficient (Wildman–Crippen LogP) is 2.76. The molecule has 0 radical (unpaired) electrons. The highest BCUT2D eigenvalue weighted by molar-refractivity contribution is 5.90. The first-order valence-corrected chi connectivity index (χ1v) is 7.20. The van der Waals surface area contributed by atoms with E-state index in [1.165, 1.54) is 0 Å². The third kappa shape index (κ3) is 4.86. The molecule has 0 atom stereocenters. The summed E-state index contributed by atoms with van der Waals surface area (Å²) in [6, 6.07) is 7.86. The minimum absolute atomic E-state index is 0. The fraction of sp³-hybridized carbons (Fsp3) is 0.375. The average molecular weight is 323 g/mol. The zero-order chi connectivity index (χ0) is 15.2. The normalized spacial score (nSPS) is 10.4. The van der Waals surface area contributed by atoms with E-state index in [1.54, 1.807) is 0 Å². The van der Waals surface area contributed by atoms with Gasteiger partial charge in [0.2, 0.25) is 5.91 Å². The second-order valence-corrected chi connectivity index (χ2v) is 5.36. The maximum atomic E-state index is 11.6. The Bertz CT molecular complexity index is 610. The number of nitrogens with one attached hydrogen (secondary N) is 1. The number of carbonyl (C=O) groups is 1. The van der Waals surface area contributed by atoms with E-state index in [0.717, 1.165) is 23.6 Å². The topological polar surface area (TPSA) is 72.9 Å². The lowest BCUT2D eigenvalue weighted by Gasteiger charge is -2.11. The van der Waals surface area contributed by atoms with E-state index in [1.807, 2.05) is 36.7 Å². The number of imidazole rings is 1. The Kier molecular flexibility index (Phi) is 7.08. The van der Waals surface area contributed by atoms with E-state index in [9.17, 15) is 4.79 Å². The van der Waals surface area contributed by atoms with E-state index < -0.39 is 0 Å². The summed E-state index contributed by atoms with van der Waals surface area (Å²) < 4.78 is 2.13. The van der Waals surface area contributed by atoms with E-state index in [2.05, 4.69) is 28.7 Å². The third-order valence-electron chi connectivity index (χ3n) is 3.20. The van der Waals surface area contributed by atoms with E-state index in [0.29, 0.717) is 18.9 Å². The van der Waals surface area contributed by atoms with Gasteiger partial charge in [-0.1, -0.05) is 26.0 Å². The average Bonchev–Trinajstić information content (AvgIpc) is 2.87. The Labute approximate surface area is 137 Å². The van der Waals surface area contributed by atoms with Gasteiger partial charge < -0.3 is 15.6 Å². The molecule has 2 aromatic rings. The van der Waals surface area contributed by atoms with E-state index in [-0.39, 0.29) is 18.3 Å². The van der Waals surface area contributed by atoms with Gasteiger partial charge in [0.15, 0.2) is 0 Å². The monoisotopic (exact) mass is 322 g/mol. The summed E-state index contributed by atoms with van der Waals surface area (Å²) in [5.74, 6) is 1.39. The Morgan fingerprint density at radius 2 is 2.18 bits per heavy atom. The molecule has 0 aliphatic rings. The van der Waals surface area contributed by atoms with Gasteiger partial charge >= 0.3 is 0 Å². The first-order valence-electron chi connectivity index (χ1n) is 7.20. The number of hydrogen-bond donors (Lipinski definition) is 2. The molecular formula is C16H23ClN4O. The first kappa shape index (κ1) is 18.2. The van der Waals surface area contributed by atoms with Crippen LogP contribution in [0.1, 0.15) is 37.6 Å². The summed E-state index contributed by atoms with van der Waals surface area (Å²) in [6.07, 6.45) is 4.14. The van der Waals surface area contributed by atoms with Crippen LogP contribution in [0.4, 0.5) is 5.69 Å². The van der Waals surface area contributed by atoms with Gasteiger partial charge in [-0.15, -0.1) is 12.4 Å². The molecule has 5 nitrogen and oxygen atoms in total. The first-order chi connectivity index (χ1) is 10.1. The Hall–Kier alpha value is -1.85. The number of amides is 1. The SMILES string of the molecule is CC(C)c1nccn1Cc1cccc(NC(=O)CCN)c1.Cl. The smallest absolute Gasteiger partial charge is 0.225 e. The Morgan fingerprint density at radius 1 is 1.41 bits per heavy atom. The molecule has 0 aliphatic heterocycles. The number of halogens is 1. The number of hydrogen-bond acceptors (Lipinski definition) is 3. The minimum atomic E-state index is -0.0554. The molecule has 3 N–H and O–H groups in total. The van der Waals surface area contributed by atoms with Crippen LogP contribution < -0.4 is 11.1 Å². The standard InChI is InChI=1S/C16H22N4O.ClH/c1-12(2)16-18-8-9-20(16)11-13-4-3-5-14(10-13)19-15(21)6-7-17;/h3-5,8-10,12H,6-7,11,17H2,1-2H3,(H,19,21);1H. The molecule has 0 fully saturated rings. The van der Waals surface area contributed by atoms with Crippen LogP contribution in [0.5, 0.6) is 0 Å². The number of carbonyl (C=O) groups excluding carboxylic acids is 1. The number of aromatic nitrogens is 2. The van der Waals surface area contributed by atoms with Gasteiger partial charge in [-0.25, -0.2) is 4.98 Å². The number of nitrogens with zero attached hydrogens (tertiary/aromatic N) is 2. The third-order valence-corrected chi connectivity index (χ3v) is 3.20. The maximum absolute atomic E-state index is 11.6. The van der Waals surface area contributed by atoms with Crippen LogP contribution in [0.15, 0.2) is 36.7 Å². The number of benzene rings is 1. The highest BCUT2D eigenvalue weighted by atomic mass is 35.5. The summed E-state index contributed by atoms with van der Waals surface area (Å²) in [6.45, 7) is 5.36. The van der Waals surface area contributed by atoms with Crippen molar-refractivity contribution in [2.45, 2.75) is 32.7 Å². The van der Waals surface area contributed by atoms with Crippen LogP contribution >= 0.6 is 12.4 Å². The van der Waals surface area contributed by atoms with Crippen molar-refractivity contribution >= 4 is 24.0 Å².